The van der Waals surface area contributed by atoms with E-state index in [9.17, 15) is 12.8 Å². The van der Waals surface area contributed by atoms with Gasteiger partial charge in [-0.25, -0.2) is 12.8 Å². The molecule has 4 nitrogen and oxygen atoms in total. The molecule has 0 radical (unpaired) electrons. The normalized spacial score (nSPS) is 11.0. The molecule has 0 aliphatic carbocycles. The quantitative estimate of drug-likeness (QED) is 0.859. The Bertz CT molecular complexity index is 847. The molecule has 114 valence electrons. The second-order valence-corrected chi connectivity index (χ2v) is 6.98. The Kier molecular flexibility index (Phi) is 4.69. The lowest BCUT2D eigenvalue weighted by atomic mass is 10.1. The van der Waals surface area contributed by atoms with Gasteiger partial charge in [-0.2, -0.15) is 5.26 Å². The van der Waals surface area contributed by atoms with Crippen LogP contribution in [0.2, 0.25) is 5.02 Å². The summed E-state index contributed by atoms with van der Waals surface area (Å²) >= 11 is 5.69. The van der Waals surface area contributed by atoms with Crippen LogP contribution >= 0.6 is 11.6 Å². The van der Waals surface area contributed by atoms with Crippen LogP contribution in [0.25, 0.3) is 0 Å². The third-order valence-corrected chi connectivity index (χ3v) is 4.39. The molecule has 2 aromatic rings. The van der Waals surface area contributed by atoms with Gasteiger partial charge in [-0.3, -0.25) is 4.31 Å². The largest absolute Gasteiger partial charge is 0.263 e. The minimum atomic E-state index is -3.74. The van der Waals surface area contributed by atoms with Crippen molar-refractivity contribution in [3.05, 3.63) is 64.4 Å². The molecule has 7 heteroatoms. The first kappa shape index (κ1) is 16.3. The number of halogens is 2. The fourth-order valence-corrected chi connectivity index (χ4v) is 3.02. The van der Waals surface area contributed by atoms with E-state index in [1.807, 2.05) is 6.07 Å². The van der Waals surface area contributed by atoms with Gasteiger partial charge in [0.25, 0.3) is 0 Å². The number of nitrogens with zero attached hydrogens (tertiary/aromatic N) is 2. The van der Waals surface area contributed by atoms with Gasteiger partial charge in [-0.15, -0.1) is 0 Å². The number of benzene rings is 2. The molecule has 0 atom stereocenters. The Morgan fingerprint density at radius 1 is 1.27 bits per heavy atom. The first-order valence-corrected chi connectivity index (χ1v) is 8.46. The SMILES string of the molecule is CS(=O)(=O)N(Cc1ccccc1C#N)c1ccc(Cl)cc1F. The Hall–Kier alpha value is -2.10. The molecule has 0 spiro atoms. The van der Waals surface area contributed by atoms with E-state index in [0.29, 0.717) is 11.1 Å². The molecule has 2 aromatic carbocycles. The Labute approximate surface area is 133 Å². The maximum absolute atomic E-state index is 14.1. The molecular formula is C15H12ClFN2O2S. The Morgan fingerprint density at radius 3 is 2.55 bits per heavy atom. The molecule has 0 bridgehead atoms. The number of sulfonamides is 1. The molecule has 0 aliphatic heterocycles. The van der Waals surface area contributed by atoms with Gasteiger partial charge < -0.3 is 0 Å². The number of hydrogen-bond acceptors (Lipinski definition) is 3. The standard InChI is InChI=1S/C15H12ClFN2O2S/c1-22(20,21)19(15-7-6-13(16)8-14(15)17)10-12-5-3-2-4-11(12)9-18/h2-8H,10H2,1H3. The third kappa shape index (κ3) is 3.56. The van der Waals surface area contributed by atoms with E-state index < -0.39 is 15.8 Å². The van der Waals surface area contributed by atoms with Gasteiger partial charge in [0, 0.05) is 5.02 Å². The molecule has 0 unspecified atom stereocenters. The maximum Gasteiger partial charge on any atom is 0.232 e. The van der Waals surface area contributed by atoms with E-state index in [1.165, 1.54) is 12.1 Å². The van der Waals surface area contributed by atoms with Gasteiger partial charge in [-0.05, 0) is 29.8 Å². The van der Waals surface area contributed by atoms with E-state index in [2.05, 4.69) is 0 Å². The monoisotopic (exact) mass is 338 g/mol. The molecule has 0 N–H and O–H groups in total. The van der Waals surface area contributed by atoms with Crippen LogP contribution in [0.15, 0.2) is 42.5 Å². The van der Waals surface area contributed by atoms with Crippen molar-refractivity contribution in [1.29, 1.82) is 5.26 Å². The predicted octanol–water partition coefficient (Wildman–Crippen LogP) is 3.32. The summed E-state index contributed by atoms with van der Waals surface area (Å²) in [6.45, 7) is -0.138. The fourth-order valence-electron chi connectivity index (χ4n) is 1.99. The van der Waals surface area contributed by atoms with Gasteiger partial charge in [0.2, 0.25) is 10.0 Å². The summed E-state index contributed by atoms with van der Waals surface area (Å²) in [4.78, 5) is 0. The van der Waals surface area contributed by atoms with Crippen molar-refractivity contribution in [3.8, 4) is 6.07 Å². The minimum absolute atomic E-state index is 0.111. The van der Waals surface area contributed by atoms with Gasteiger partial charge in [0.1, 0.15) is 5.82 Å². The second-order valence-electron chi connectivity index (χ2n) is 4.63. The average molecular weight is 339 g/mol. The van der Waals surface area contributed by atoms with Crippen molar-refractivity contribution in [2.75, 3.05) is 10.6 Å². The van der Waals surface area contributed by atoms with E-state index in [4.69, 9.17) is 16.9 Å². The zero-order chi connectivity index (χ0) is 16.3. The van der Waals surface area contributed by atoms with Crippen LogP contribution in [0, 0.1) is 17.1 Å². The Balaban J connectivity index is 2.51. The van der Waals surface area contributed by atoms with Gasteiger partial charge in [0.05, 0.1) is 30.1 Å². The zero-order valence-electron chi connectivity index (χ0n) is 11.6. The van der Waals surface area contributed by atoms with Crippen molar-refractivity contribution in [3.63, 3.8) is 0 Å². The molecule has 0 fully saturated rings. The summed E-state index contributed by atoms with van der Waals surface area (Å²) in [7, 11) is -3.74. The summed E-state index contributed by atoms with van der Waals surface area (Å²) in [5, 5.41) is 9.26. The molecule has 0 amide bonds. The van der Waals surface area contributed by atoms with Crippen molar-refractivity contribution >= 4 is 27.3 Å². The Morgan fingerprint density at radius 2 is 1.95 bits per heavy atom. The molecule has 0 aliphatic rings. The number of hydrogen-bond donors (Lipinski definition) is 0. The zero-order valence-corrected chi connectivity index (χ0v) is 13.2. The number of anilines is 1. The van der Waals surface area contributed by atoms with Crippen LogP contribution < -0.4 is 4.31 Å². The van der Waals surface area contributed by atoms with Crippen molar-refractivity contribution in [2.45, 2.75) is 6.54 Å². The third-order valence-electron chi connectivity index (χ3n) is 3.03. The van der Waals surface area contributed by atoms with E-state index in [0.717, 1.165) is 16.6 Å². The fraction of sp³-hybridized carbons (Fsp3) is 0.133. The van der Waals surface area contributed by atoms with E-state index >= 15 is 0 Å². The maximum atomic E-state index is 14.1. The van der Waals surface area contributed by atoms with Crippen molar-refractivity contribution in [2.24, 2.45) is 0 Å². The summed E-state index contributed by atoms with van der Waals surface area (Å²) in [6.07, 6.45) is 0.982. The summed E-state index contributed by atoms with van der Waals surface area (Å²) in [6, 6.07) is 12.3. The molecule has 0 heterocycles. The van der Waals surface area contributed by atoms with Crippen LogP contribution in [-0.4, -0.2) is 14.7 Å². The van der Waals surface area contributed by atoms with Gasteiger partial charge >= 0.3 is 0 Å². The van der Waals surface area contributed by atoms with E-state index in [1.54, 1.807) is 24.3 Å². The molecule has 0 saturated carbocycles. The smallest absolute Gasteiger partial charge is 0.232 e. The topological polar surface area (TPSA) is 61.2 Å². The molecule has 2 rings (SSSR count). The molecule has 0 aromatic heterocycles. The van der Waals surface area contributed by atoms with Crippen LogP contribution in [0.3, 0.4) is 0 Å². The highest BCUT2D eigenvalue weighted by molar-refractivity contribution is 7.92. The summed E-state index contributed by atoms with van der Waals surface area (Å²) in [5.41, 5.74) is 0.718. The first-order valence-electron chi connectivity index (χ1n) is 6.23. The molecular weight excluding hydrogens is 327 g/mol. The number of nitriles is 1. The second kappa shape index (κ2) is 6.34. The predicted molar refractivity (Wildman–Crippen MR) is 83.6 cm³/mol. The van der Waals surface area contributed by atoms with Crippen LogP contribution in [0.1, 0.15) is 11.1 Å². The number of rotatable bonds is 4. The lowest BCUT2D eigenvalue weighted by molar-refractivity contribution is 0.590. The van der Waals surface area contributed by atoms with Crippen LogP contribution in [-0.2, 0) is 16.6 Å². The molecule has 0 saturated heterocycles. The molecule has 22 heavy (non-hydrogen) atoms. The summed E-state index contributed by atoms with van der Waals surface area (Å²) < 4.78 is 39.0. The highest BCUT2D eigenvalue weighted by Crippen LogP contribution is 2.27. The van der Waals surface area contributed by atoms with Crippen LogP contribution in [0.5, 0.6) is 0 Å². The van der Waals surface area contributed by atoms with E-state index in [-0.39, 0.29) is 17.3 Å². The van der Waals surface area contributed by atoms with Crippen LogP contribution in [0.4, 0.5) is 10.1 Å². The average Bonchev–Trinajstić information content (AvgIpc) is 2.45. The van der Waals surface area contributed by atoms with Gasteiger partial charge in [0.15, 0.2) is 0 Å². The lowest BCUT2D eigenvalue weighted by Gasteiger charge is -2.23. The highest BCUT2D eigenvalue weighted by Gasteiger charge is 2.22. The summed E-state index contributed by atoms with van der Waals surface area (Å²) in [5.74, 6) is -0.743. The van der Waals surface area contributed by atoms with Crippen molar-refractivity contribution < 1.29 is 12.8 Å². The lowest BCUT2D eigenvalue weighted by Crippen LogP contribution is -2.30. The highest BCUT2D eigenvalue weighted by atomic mass is 35.5. The van der Waals surface area contributed by atoms with Crippen molar-refractivity contribution in [1.82, 2.24) is 0 Å². The first-order chi connectivity index (χ1) is 10.3. The van der Waals surface area contributed by atoms with Gasteiger partial charge in [-0.1, -0.05) is 29.8 Å². The minimum Gasteiger partial charge on any atom is -0.263 e.